The number of hydrogen-bond acceptors (Lipinski definition) is 5. The summed E-state index contributed by atoms with van der Waals surface area (Å²) in [5.74, 6) is -0.197. The molecule has 1 aliphatic rings. The molecule has 0 fully saturated rings. The fourth-order valence-corrected chi connectivity index (χ4v) is 4.68. The van der Waals surface area contributed by atoms with Gasteiger partial charge in [0.2, 0.25) is 0 Å². The Balaban J connectivity index is 1.38. The van der Waals surface area contributed by atoms with Gasteiger partial charge in [0.05, 0.1) is 28.4 Å². The standard InChI is InChI=1S/C24H23ClFN5O/c1-2-20-16-5-6-31(24(16)29-12-28-20)15-9-14(22(32)10-15)4-3-13-7-19(26)17-11-18(25)23(27)30-21(17)8-13/h5-9,11-12,15,22,32H,2-4,10H2,1H3,(H2,27,30)/t15-,22+/m1/s1. The summed E-state index contributed by atoms with van der Waals surface area (Å²) < 4.78 is 16.7. The lowest BCUT2D eigenvalue weighted by Gasteiger charge is -2.12. The van der Waals surface area contributed by atoms with Crippen LogP contribution < -0.4 is 5.73 Å². The molecule has 0 radical (unpaired) electrons. The lowest BCUT2D eigenvalue weighted by molar-refractivity contribution is 0.197. The number of aromatic nitrogens is 4. The molecule has 2 atom stereocenters. The van der Waals surface area contributed by atoms with E-state index in [1.807, 2.05) is 18.3 Å². The van der Waals surface area contributed by atoms with Crippen LogP contribution in [0.3, 0.4) is 0 Å². The van der Waals surface area contributed by atoms with Crippen molar-refractivity contribution >= 4 is 39.4 Å². The molecule has 0 spiro atoms. The monoisotopic (exact) mass is 451 g/mol. The van der Waals surface area contributed by atoms with Gasteiger partial charge in [-0.05, 0) is 54.7 Å². The summed E-state index contributed by atoms with van der Waals surface area (Å²) in [6.45, 7) is 2.07. The fraction of sp³-hybridized carbons (Fsp3) is 0.292. The number of allylic oxidation sites excluding steroid dienone is 1. The highest BCUT2D eigenvalue weighted by Gasteiger charge is 2.27. The van der Waals surface area contributed by atoms with Crippen LogP contribution in [0, 0.1) is 5.82 Å². The summed E-state index contributed by atoms with van der Waals surface area (Å²) >= 11 is 5.97. The van der Waals surface area contributed by atoms with Crippen molar-refractivity contribution in [3.05, 3.63) is 70.5 Å². The summed E-state index contributed by atoms with van der Waals surface area (Å²) in [4.78, 5) is 13.0. The van der Waals surface area contributed by atoms with Gasteiger partial charge in [0.1, 0.15) is 23.6 Å². The molecule has 8 heteroatoms. The number of aryl methyl sites for hydroxylation is 2. The zero-order valence-electron chi connectivity index (χ0n) is 17.6. The molecule has 5 rings (SSSR count). The number of aliphatic hydroxyl groups excluding tert-OH is 1. The van der Waals surface area contributed by atoms with Crippen molar-refractivity contribution < 1.29 is 9.50 Å². The fourth-order valence-electron chi connectivity index (χ4n) is 4.53. The molecule has 6 nitrogen and oxygen atoms in total. The van der Waals surface area contributed by atoms with E-state index < -0.39 is 6.10 Å². The highest BCUT2D eigenvalue weighted by Crippen LogP contribution is 2.34. The summed E-state index contributed by atoms with van der Waals surface area (Å²) in [7, 11) is 0. The molecule has 0 aliphatic heterocycles. The van der Waals surface area contributed by atoms with Crippen LogP contribution in [-0.4, -0.2) is 30.7 Å². The Labute approximate surface area is 189 Å². The summed E-state index contributed by atoms with van der Waals surface area (Å²) in [6, 6.07) is 6.89. The average Bonchev–Trinajstić information content (AvgIpc) is 3.36. The molecule has 0 saturated carbocycles. The molecule has 32 heavy (non-hydrogen) atoms. The molecule has 0 amide bonds. The molecule has 3 N–H and O–H groups in total. The van der Waals surface area contributed by atoms with Crippen molar-refractivity contribution in [2.45, 2.75) is 44.8 Å². The summed E-state index contributed by atoms with van der Waals surface area (Å²) in [5.41, 5.74) is 9.90. The van der Waals surface area contributed by atoms with Crippen LogP contribution in [-0.2, 0) is 12.8 Å². The molecule has 1 aliphatic carbocycles. The molecule has 3 heterocycles. The van der Waals surface area contributed by atoms with E-state index in [4.69, 9.17) is 17.3 Å². The first-order chi connectivity index (χ1) is 15.4. The highest BCUT2D eigenvalue weighted by molar-refractivity contribution is 6.33. The second-order valence-corrected chi connectivity index (χ2v) is 8.60. The van der Waals surface area contributed by atoms with Crippen LogP contribution in [0.15, 0.2) is 48.4 Å². The van der Waals surface area contributed by atoms with Crippen LogP contribution in [0.4, 0.5) is 10.2 Å². The van der Waals surface area contributed by atoms with Crippen molar-refractivity contribution in [1.82, 2.24) is 19.5 Å². The third kappa shape index (κ3) is 3.61. The lowest BCUT2D eigenvalue weighted by Crippen LogP contribution is -2.10. The third-order valence-corrected chi connectivity index (χ3v) is 6.51. The second-order valence-electron chi connectivity index (χ2n) is 8.19. The average molecular weight is 452 g/mol. The maximum Gasteiger partial charge on any atom is 0.144 e. The Hall–Kier alpha value is -3.03. The number of anilines is 1. The maximum absolute atomic E-state index is 14.6. The number of fused-ring (bicyclic) bond motifs is 2. The van der Waals surface area contributed by atoms with Crippen molar-refractivity contribution in [2.24, 2.45) is 0 Å². The Morgan fingerprint density at radius 2 is 2.06 bits per heavy atom. The van der Waals surface area contributed by atoms with E-state index in [1.54, 1.807) is 6.33 Å². The van der Waals surface area contributed by atoms with Gasteiger partial charge >= 0.3 is 0 Å². The highest BCUT2D eigenvalue weighted by atomic mass is 35.5. The number of nitrogen functional groups attached to an aromatic ring is 1. The Morgan fingerprint density at radius 3 is 2.88 bits per heavy atom. The van der Waals surface area contributed by atoms with E-state index >= 15 is 0 Å². The number of nitrogens with zero attached hydrogens (tertiary/aromatic N) is 4. The van der Waals surface area contributed by atoms with E-state index in [-0.39, 0.29) is 22.7 Å². The zero-order chi connectivity index (χ0) is 22.4. The van der Waals surface area contributed by atoms with Gasteiger partial charge in [-0.3, -0.25) is 0 Å². The van der Waals surface area contributed by atoms with Crippen molar-refractivity contribution in [3.63, 3.8) is 0 Å². The predicted octanol–water partition coefficient (Wildman–Crippen LogP) is 4.78. The van der Waals surface area contributed by atoms with Crippen molar-refractivity contribution in [3.8, 4) is 0 Å². The molecular formula is C24H23ClFN5O. The molecular weight excluding hydrogens is 429 g/mol. The SMILES string of the molecule is CCc1ncnc2c1ccn2[C@@H]1C=C(CCc2cc(F)c3cc(Cl)c(N)nc3c2)[C@@H](O)C1. The molecule has 0 unspecified atom stereocenters. The second kappa shape index (κ2) is 8.15. The van der Waals surface area contributed by atoms with Gasteiger partial charge in [-0.1, -0.05) is 24.6 Å². The van der Waals surface area contributed by atoms with E-state index in [1.165, 1.54) is 12.1 Å². The molecule has 3 aromatic heterocycles. The lowest BCUT2D eigenvalue weighted by atomic mass is 10.0. The smallest absolute Gasteiger partial charge is 0.144 e. The van der Waals surface area contributed by atoms with Gasteiger partial charge in [-0.2, -0.15) is 0 Å². The van der Waals surface area contributed by atoms with Gasteiger partial charge in [0, 0.05) is 23.4 Å². The van der Waals surface area contributed by atoms with Crippen molar-refractivity contribution in [1.29, 1.82) is 0 Å². The number of benzene rings is 1. The Morgan fingerprint density at radius 1 is 1.22 bits per heavy atom. The van der Waals surface area contributed by atoms with Crippen LogP contribution in [0.25, 0.3) is 21.9 Å². The normalized spacial score (nSPS) is 18.6. The van der Waals surface area contributed by atoms with Crippen LogP contribution in [0.2, 0.25) is 5.02 Å². The number of aliphatic hydroxyl groups is 1. The van der Waals surface area contributed by atoms with E-state index in [9.17, 15) is 9.50 Å². The number of rotatable bonds is 5. The number of nitrogens with two attached hydrogens (primary N) is 1. The van der Waals surface area contributed by atoms with Crippen LogP contribution in [0.5, 0.6) is 0 Å². The summed E-state index contributed by atoms with van der Waals surface area (Å²) in [6.07, 6.45) is 7.81. The molecule has 1 aromatic carbocycles. The number of halogens is 2. The van der Waals surface area contributed by atoms with E-state index in [0.29, 0.717) is 30.2 Å². The molecule has 0 bridgehead atoms. The van der Waals surface area contributed by atoms with Gasteiger partial charge in [-0.25, -0.2) is 19.3 Å². The van der Waals surface area contributed by atoms with Gasteiger partial charge in [-0.15, -0.1) is 0 Å². The zero-order valence-corrected chi connectivity index (χ0v) is 18.3. The first-order valence-electron chi connectivity index (χ1n) is 10.7. The maximum atomic E-state index is 14.6. The minimum absolute atomic E-state index is 0.0223. The minimum Gasteiger partial charge on any atom is -0.389 e. The largest absolute Gasteiger partial charge is 0.389 e. The van der Waals surface area contributed by atoms with Crippen LogP contribution >= 0.6 is 11.6 Å². The quantitative estimate of drug-likeness (QED) is 0.426. The Bertz CT molecular complexity index is 1370. The topological polar surface area (TPSA) is 89.9 Å². The first kappa shape index (κ1) is 20.8. The van der Waals surface area contributed by atoms with E-state index in [2.05, 4.69) is 32.5 Å². The van der Waals surface area contributed by atoms with Gasteiger partial charge < -0.3 is 15.4 Å². The van der Waals surface area contributed by atoms with Gasteiger partial charge in [0.25, 0.3) is 0 Å². The molecule has 4 aromatic rings. The van der Waals surface area contributed by atoms with E-state index in [0.717, 1.165) is 34.3 Å². The predicted molar refractivity (Wildman–Crippen MR) is 124 cm³/mol. The number of pyridine rings is 1. The molecule has 164 valence electrons. The van der Waals surface area contributed by atoms with Crippen LogP contribution in [0.1, 0.15) is 37.1 Å². The van der Waals surface area contributed by atoms with Gasteiger partial charge in [0.15, 0.2) is 0 Å². The first-order valence-corrected chi connectivity index (χ1v) is 11.1. The third-order valence-electron chi connectivity index (χ3n) is 6.21. The Kier molecular flexibility index (Phi) is 5.31. The molecule has 0 saturated heterocycles. The minimum atomic E-state index is -0.539. The summed E-state index contributed by atoms with van der Waals surface area (Å²) in [5, 5.41) is 12.3. The van der Waals surface area contributed by atoms with Crippen molar-refractivity contribution in [2.75, 3.05) is 5.73 Å². The number of hydrogen-bond donors (Lipinski definition) is 2.